The number of esters is 1. The van der Waals surface area contributed by atoms with E-state index in [1.807, 2.05) is 0 Å². The summed E-state index contributed by atoms with van der Waals surface area (Å²) in [6.45, 7) is -0.0164. The molecule has 1 amide bonds. The molecule has 2 aromatic rings. The predicted octanol–water partition coefficient (Wildman–Crippen LogP) is 3.19. The number of carbonyl (C=O) groups is 2. The predicted molar refractivity (Wildman–Crippen MR) is 99.5 cm³/mol. The van der Waals surface area contributed by atoms with Crippen LogP contribution >= 0.6 is 11.6 Å². The van der Waals surface area contributed by atoms with Gasteiger partial charge in [-0.25, -0.2) is 4.79 Å². The number of benzene rings is 2. The lowest BCUT2D eigenvalue weighted by Crippen LogP contribution is -2.22. The molecule has 7 nitrogen and oxygen atoms in total. The molecule has 0 aliphatic rings. The van der Waals surface area contributed by atoms with Gasteiger partial charge in [0.05, 0.1) is 44.1 Å². The van der Waals surface area contributed by atoms with Gasteiger partial charge in [0.25, 0.3) is 0 Å². The van der Waals surface area contributed by atoms with Crippen molar-refractivity contribution in [2.45, 2.75) is 0 Å². The fourth-order valence-electron chi connectivity index (χ4n) is 2.21. The number of methoxy groups -OCH3 is 3. The summed E-state index contributed by atoms with van der Waals surface area (Å²) in [6.07, 6.45) is 0. The molecule has 0 radical (unpaired) electrons. The van der Waals surface area contributed by atoms with Crippen molar-refractivity contribution in [3.8, 4) is 11.5 Å². The zero-order chi connectivity index (χ0) is 19.1. The highest BCUT2D eigenvalue weighted by Gasteiger charge is 2.13. The Kier molecular flexibility index (Phi) is 6.68. The third-order valence-electron chi connectivity index (χ3n) is 3.48. The lowest BCUT2D eigenvalue weighted by molar-refractivity contribution is -0.114. The van der Waals surface area contributed by atoms with Crippen LogP contribution < -0.4 is 20.1 Å². The Labute approximate surface area is 156 Å². The van der Waals surface area contributed by atoms with Crippen LogP contribution in [0.2, 0.25) is 5.02 Å². The first-order chi connectivity index (χ1) is 12.5. The second-order valence-corrected chi connectivity index (χ2v) is 5.57. The van der Waals surface area contributed by atoms with Gasteiger partial charge in [-0.3, -0.25) is 4.79 Å². The molecule has 0 aliphatic heterocycles. The van der Waals surface area contributed by atoms with Gasteiger partial charge in [0.2, 0.25) is 5.91 Å². The van der Waals surface area contributed by atoms with Crippen LogP contribution in [-0.4, -0.2) is 39.8 Å². The number of nitrogens with one attached hydrogen (secondary N) is 2. The molecule has 8 heteroatoms. The molecule has 0 saturated carbocycles. The van der Waals surface area contributed by atoms with Crippen LogP contribution in [0, 0.1) is 0 Å². The van der Waals surface area contributed by atoms with E-state index in [1.165, 1.54) is 21.3 Å². The van der Waals surface area contributed by atoms with Crippen molar-refractivity contribution in [2.24, 2.45) is 0 Å². The minimum absolute atomic E-state index is 0.0164. The normalized spacial score (nSPS) is 10.0. The molecule has 0 heterocycles. The summed E-state index contributed by atoms with van der Waals surface area (Å²) >= 11 is 6.08. The molecular formula is C18H19ClN2O5. The van der Waals surface area contributed by atoms with Crippen LogP contribution in [0.1, 0.15) is 10.4 Å². The van der Waals surface area contributed by atoms with Gasteiger partial charge in [-0.15, -0.1) is 0 Å². The van der Waals surface area contributed by atoms with E-state index in [9.17, 15) is 9.59 Å². The van der Waals surface area contributed by atoms with Gasteiger partial charge in [0.1, 0.15) is 11.5 Å². The lowest BCUT2D eigenvalue weighted by atomic mass is 10.2. The fraction of sp³-hybridized carbons (Fsp3) is 0.222. The highest BCUT2D eigenvalue weighted by atomic mass is 35.5. The third kappa shape index (κ3) is 4.80. The second-order valence-electron chi connectivity index (χ2n) is 5.16. The van der Waals surface area contributed by atoms with E-state index in [1.54, 1.807) is 36.4 Å². The topological polar surface area (TPSA) is 85.9 Å². The zero-order valence-corrected chi connectivity index (χ0v) is 15.3. The van der Waals surface area contributed by atoms with Crippen molar-refractivity contribution in [3.05, 3.63) is 47.0 Å². The van der Waals surface area contributed by atoms with Crippen molar-refractivity contribution in [1.82, 2.24) is 0 Å². The average Bonchev–Trinajstić information content (AvgIpc) is 2.66. The van der Waals surface area contributed by atoms with Crippen LogP contribution in [0.5, 0.6) is 11.5 Å². The van der Waals surface area contributed by atoms with Gasteiger partial charge in [0.15, 0.2) is 0 Å². The quantitative estimate of drug-likeness (QED) is 0.719. The first-order valence-corrected chi connectivity index (χ1v) is 8.00. The number of anilines is 2. The molecule has 2 rings (SSSR count). The molecule has 0 atom stereocenters. The summed E-state index contributed by atoms with van der Waals surface area (Å²) in [7, 11) is 4.28. The lowest BCUT2D eigenvalue weighted by Gasteiger charge is -2.13. The summed E-state index contributed by atoms with van der Waals surface area (Å²) in [5, 5.41) is 6.00. The number of ether oxygens (including phenoxy) is 3. The summed E-state index contributed by atoms with van der Waals surface area (Å²) in [6, 6.07) is 9.80. The maximum absolute atomic E-state index is 12.2. The van der Waals surface area contributed by atoms with Crippen LogP contribution in [0.25, 0.3) is 0 Å². The first kappa shape index (κ1) is 19.4. The van der Waals surface area contributed by atoms with Gasteiger partial charge >= 0.3 is 5.97 Å². The number of amides is 1. The second kappa shape index (κ2) is 8.96. The summed E-state index contributed by atoms with van der Waals surface area (Å²) < 4.78 is 15.0. The van der Waals surface area contributed by atoms with E-state index in [-0.39, 0.29) is 12.5 Å². The van der Waals surface area contributed by atoms with Gasteiger partial charge in [-0.1, -0.05) is 17.7 Å². The monoisotopic (exact) mass is 378 g/mol. The van der Waals surface area contributed by atoms with Gasteiger partial charge in [-0.05, 0) is 24.3 Å². The molecule has 0 bridgehead atoms. The van der Waals surface area contributed by atoms with Gasteiger partial charge in [-0.2, -0.15) is 0 Å². The molecule has 2 aromatic carbocycles. The zero-order valence-electron chi connectivity index (χ0n) is 14.6. The van der Waals surface area contributed by atoms with Crippen molar-refractivity contribution in [1.29, 1.82) is 0 Å². The molecule has 26 heavy (non-hydrogen) atoms. The number of halogens is 1. The molecule has 2 N–H and O–H groups in total. The molecule has 0 spiro atoms. The molecule has 0 saturated heterocycles. The average molecular weight is 379 g/mol. The highest BCUT2D eigenvalue weighted by Crippen LogP contribution is 2.35. The Morgan fingerprint density at radius 2 is 1.77 bits per heavy atom. The SMILES string of the molecule is COC(=O)c1cccc(NCC(=O)Nc2cc(Cl)c(OC)cc2OC)c1. The first-order valence-electron chi connectivity index (χ1n) is 7.62. The molecule has 0 aliphatic carbocycles. The van der Waals surface area contributed by atoms with Crippen LogP contribution in [-0.2, 0) is 9.53 Å². The van der Waals surface area contributed by atoms with Crippen molar-refractivity contribution in [2.75, 3.05) is 38.5 Å². The Bertz CT molecular complexity index is 810. The van der Waals surface area contributed by atoms with Crippen LogP contribution in [0.4, 0.5) is 11.4 Å². The summed E-state index contributed by atoms with van der Waals surface area (Å²) in [4.78, 5) is 23.7. The number of hydrogen-bond acceptors (Lipinski definition) is 6. The van der Waals surface area contributed by atoms with E-state index in [4.69, 9.17) is 21.1 Å². The number of hydrogen-bond donors (Lipinski definition) is 2. The largest absolute Gasteiger partial charge is 0.495 e. The molecule has 0 aromatic heterocycles. The summed E-state index contributed by atoms with van der Waals surface area (Å²) in [5.74, 6) is 0.107. The Morgan fingerprint density at radius 3 is 2.42 bits per heavy atom. The Hall–Kier alpha value is -2.93. The smallest absolute Gasteiger partial charge is 0.337 e. The maximum atomic E-state index is 12.2. The van der Waals surface area contributed by atoms with Crippen molar-refractivity contribution in [3.63, 3.8) is 0 Å². The van der Waals surface area contributed by atoms with Crippen LogP contribution in [0.15, 0.2) is 36.4 Å². The Morgan fingerprint density at radius 1 is 1.04 bits per heavy atom. The molecular weight excluding hydrogens is 360 g/mol. The van der Waals surface area contributed by atoms with E-state index >= 15 is 0 Å². The van der Waals surface area contributed by atoms with Crippen molar-refractivity contribution >= 4 is 34.9 Å². The van der Waals surface area contributed by atoms with Gasteiger partial charge in [0, 0.05) is 11.8 Å². The minimum Gasteiger partial charge on any atom is -0.495 e. The maximum Gasteiger partial charge on any atom is 0.337 e. The van der Waals surface area contributed by atoms with E-state index < -0.39 is 5.97 Å². The number of carbonyl (C=O) groups excluding carboxylic acids is 2. The molecule has 0 unspecified atom stereocenters. The highest BCUT2D eigenvalue weighted by molar-refractivity contribution is 6.32. The third-order valence-corrected chi connectivity index (χ3v) is 3.78. The minimum atomic E-state index is -0.448. The summed E-state index contributed by atoms with van der Waals surface area (Å²) in [5.41, 5.74) is 1.43. The molecule has 0 fully saturated rings. The van der Waals surface area contributed by atoms with E-state index in [0.29, 0.717) is 33.5 Å². The van der Waals surface area contributed by atoms with E-state index in [2.05, 4.69) is 15.4 Å². The molecule has 138 valence electrons. The Balaban J connectivity index is 2.03. The van der Waals surface area contributed by atoms with Crippen LogP contribution in [0.3, 0.4) is 0 Å². The number of rotatable bonds is 7. The fourth-order valence-corrected chi connectivity index (χ4v) is 2.45. The van der Waals surface area contributed by atoms with E-state index in [0.717, 1.165) is 0 Å². The van der Waals surface area contributed by atoms with Gasteiger partial charge < -0.3 is 24.8 Å². The standard InChI is InChI=1S/C18H19ClN2O5/c1-24-15-9-16(25-2)14(8-13(15)19)21-17(22)10-20-12-6-4-5-11(7-12)18(23)26-3/h4-9,20H,10H2,1-3H3,(H,21,22). The van der Waals surface area contributed by atoms with Crippen molar-refractivity contribution < 1.29 is 23.8 Å².